The van der Waals surface area contributed by atoms with E-state index in [1.807, 2.05) is 0 Å². The van der Waals surface area contributed by atoms with Crippen molar-refractivity contribution in [2.24, 2.45) is 5.10 Å². The molecule has 0 fully saturated rings. The van der Waals surface area contributed by atoms with Crippen LogP contribution in [-0.2, 0) is 5.72 Å². The molecule has 1 aliphatic heterocycles. The van der Waals surface area contributed by atoms with Gasteiger partial charge in [0.15, 0.2) is 5.72 Å². The number of hydrogen-bond donors (Lipinski definition) is 1. The standard InChI is InChI=1S/C18H14F3N3O4/c1-11-3-2-4-12(9-11)16(25)23-17(26,10-15(22-23)18(19,20)21)13-5-7-14(8-6-13)24(27)28/h2-9,26H,10H2,1H3/t17-/m1/s1. The largest absolute Gasteiger partial charge is 0.431 e. The first kappa shape index (κ1) is 19.5. The SMILES string of the molecule is Cc1cccc(C(=O)N2N=C(C(F)(F)F)C[C@@]2(O)c2ccc([N+](=O)[O-])cc2)c1. The first-order valence-corrected chi connectivity index (χ1v) is 8.05. The third kappa shape index (κ3) is 3.46. The number of halogens is 3. The molecule has 2 aromatic rings. The Bertz CT molecular complexity index is 973. The minimum absolute atomic E-state index is 0.0486. The van der Waals surface area contributed by atoms with Crippen LogP contribution in [0.2, 0.25) is 0 Å². The van der Waals surface area contributed by atoms with Gasteiger partial charge in [-0.2, -0.15) is 23.3 Å². The van der Waals surface area contributed by atoms with E-state index >= 15 is 0 Å². The second kappa shape index (κ2) is 6.71. The van der Waals surface area contributed by atoms with Crippen LogP contribution in [0, 0.1) is 17.0 Å². The molecule has 1 amide bonds. The molecule has 0 saturated carbocycles. The lowest BCUT2D eigenvalue weighted by molar-refractivity contribution is -0.384. The van der Waals surface area contributed by atoms with E-state index in [-0.39, 0.29) is 16.8 Å². The van der Waals surface area contributed by atoms with Gasteiger partial charge >= 0.3 is 6.18 Å². The summed E-state index contributed by atoms with van der Waals surface area (Å²) in [6.45, 7) is 1.70. The Hall–Kier alpha value is -3.27. The fourth-order valence-electron chi connectivity index (χ4n) is 2.89. The molecule has 0 aromatic heterocycles. The Labute approximate surface area is 156 Å². The smallest absolute Gasteiger partial charge is 0.365 e. The zero-order valence-electron chi connectivity index (χ0n) is 14.5. The van der Waals surface area contributed by atoms with Gasteiger partial charge in [0.05, 0.1) is 11.3 Å². The molecule has 0 bridgehead atoms. The van der Waals surface area contributed by atoms with Crippen LogP contribution in [-0.4, -0.2) is 32.8 Å². The predicted octanol–water partition coefficient (Wildman–Crippen LogP) is 3.51. The van der Waals surface area contributed by atoms with Crippen molar-refractivity contribution in [3.8, 4) is 0 Å². The molecule has 0 radical (unpaired) electrons. The Morgan fingerprint density at radius 3 is 2.43 bits per heavy atom. The van der Waals surface area contributed by atoms with Crippen molar-refractivity contribution in [1.82, 2.24) is 5.01 Å². The van der Waals surface area contributed by atoms with Gasteiger partial charge in [0.2, 0.25) is 0 Å². The van der Waals surface area contributed by atoms with Gasteiger partial charge in [-0.05, 0) is 31.2 Å². The summed E-state index contributed by atoms with van der Waals surface area (Å²) in [6.07, 6.45) is -5.84. The van der Waals surface area contributed by atoms with E-state index < -0.39 is 34.9 Å². The molecule has 1 N–H and O–H groups in total. The summed E-state index contributed by atoms with van der Waals surface area (Å²) in [4.78, 5) is 22.9. The third-order valence-electron chi connectivity index (χ3n) is 4.31. The molecule has 1 aliphatic rings. The van der Waals surface area contributed by atoms with Crippen LogP contribution in [0.4, 0.5) is 18.9 Å². The number of rotatable bonds is 3. The van der Waals surface area contributed by atoms with Crippen LogP contribution in [0.25, 0.3) is 0 Å². The van der Waals surface area contributed by atoms with Crippen LogP contribution in [0.5, 0.6) is 0 Å². The van der Waals surface area contributed by atoms with Crippen LogP contribution in [0.1, 0.15) is 27.9 Å². The summed E-state index contributed by atoms with van der Waals surface area (Å²) in [6, 6.07) is 10.4. The number of carbonyl (C=O) groups is 1. The predicted molar refractivity (Wildman–Crippen MR) is 92.4 cm³/mol. The van der Waals surface area contributed by atoms with E-state index in [1.54, 1.807) is 19.1 Å². The highest BCUT2D eigenvalue weighted by atomic mass is 19.4. The maximum Gasteiger partial charge on any atom is 0.431 e. The maximum atomic E-state index is 13.2. The topological polar surface area (TPSA) is 96.0 Å². The molecular formula is C18H14F3N3O4. The number of alkyl halides is 3. The van der Waals surface area contributed by atoms with Crippen molar-refractivity contribution < 1.29 is 28.0 Å². The van der Waals surface area contributed by atoms with E-state index in [0.717, 1.165) is 24.3 Å². The second-order valence-corrected chi connectivity index (χ2v) is 6.33. The highest BCUT2D eigenvalue weighted by Gasteiger charge is 2.53. The first-order chi connectivity index (χ1) is 13.0. The molecule has 0 saturated heterocycles. The van der Waals surface area contributed by atoms with Gasteiger partial charge in [0, 0.05) is 23.3 Å². The zero-order chi connectivity index (χ0) is 20.7. The normalized spacial score (nSPS) is 19.5. The third-order valence-corrected chi connectivity index (χ3v) is 4.31. The number of nitrogens with zero attached hydrogens (tertiary/aromatic N) is 3. The summed E-state index contributed by atoms with van der Waals surface area (Å²) >= 11 is 0. The van der Waals surface area contributed by atoms with Crippen molar-refractivity contribution in [3.05, 3.63) is 75.3 Å². The number of aliphatic hydroxyl groups is 1. The number of hydrazone groups is 1. The maximum absolute atomic E-state index is 13.2. The van der Waals surface area contributed by atoms with Gasteiger partial charge in [-0.15, -0.1) is 0 Å². The lowest BCUT2D eigenvalue weighted by atomic mass is 9.96. The minimum atomic E-state index is -4.85. The van der Waals surface area contributed by atoms with E-state index in [0.29, 0.717) is 10.6 Å². The number of amides is 1. The quantitative estimate of drug-likeness (QED) is 0.638. The average molecular weight is 393 g/mol. The molecular weight excluding hydrogens is 379 g/mol. The van der Waals surface area contributed by atoms with Crippen molar-refractivity contribution in [3.63, 3.8) is 0 Å². The Kier molecular flexibility index (Phi) is 4.67. The van der Waals surface area contributed by atoms with Gasteiger partial charge in [-0.1, -0.05) is 17.7 Å². The lowest BCUT2D eigenvalue weighted by Crippen LogP contribution is -2.43. The van der Waals surface area contributed by atoms with E-state index in [2.05, 4.69) is 5.10 Å². The average Bonchev–Trinajstić information content (AvgIpc) is 3.00. The van der Waals surface area contributed by atoms with Crippen LogP contribution in [0.15, 0.2) is 53.6 Å². The molecule has 1 heterocycles. The van der Waals surface area contributed by atoms with Crippen molar-refractivity contribution >= 4 is 17.3 Å². The van der Waals surface area contributed by atoms with E-state index in [4.69, 9.17) is 0 Å². The van der Waals surface area contributed by atoms with Crippen molar-refractivity contribution in [1.29, 1.82) is 0 Å². The van der Waals surface area contributed by atoms with Crippen molar-refractivity contribution in [2.45, 2.75) is 25.2 Å². The minimum Gasteiger partial charge on any atom is -0.365 e. The summed E-state index contributed by atoms with van der Waals surface area (Å²) in [7, 11) is 0. The molecule has 28 heavy (non-hydrogen) atoms. The van der Waals surface area contributed by atoms with Gasteiger partial charge in [0.25, 0.3) is 11.6 Å². The highest BCUT2D eigenvalue weighted by molar-refractivity contribution is 6.00. The van der Waals surface area contributed by atoms with Crippen LogP contribution < -0.4 is 0 Å². The fourth-order valence-corrected chi connectivity index (χ4v) is 2.89. The number of non-ortho nitro benzene ring substituents is 1. The number of carbonyl (C=O) groups excluding carboxylic acids is 1. The van der Waals surface area contributed by atoms with Crippen LogP contribution in [0.3, 0.4) is 0 Å². The Morgan fingerprint density at radius 1 is 1.25 bits per heavy atom. The monoisotopic (exact) mass is 393 g/mol. The zero-order valence-corrected chi connectivity index (χ0v) is 14.5. The van der Waals surface area contributed by atoms with Gasteiger partial charge in [0.1, 0.15) is 5.71 Å². The molecule has 146 valence electrons. The second-order valence-electron chi connectivity index (χ2n) is 6.33. The van der Waals surface area contributed by atoms with E-state index in [1.165, 1.54) is 12.1 Å². The molecule has 2 aromatic carbocycles. The number of aryl methyl sites for hydroxylation is 1. The molecule has 3 rings (SSSR count). The Balaban J connectivity index is 2.07. The molecule has 7 nitrogen and oxygen atoms in total. The molecule has 0 unspecified atom stereocenters. The van der Waals surface area contributed by atoms with Crippen LogP contribution >= 0.6 is 0 Å². The molecule has 10 heteroatoms. The summed E-state index contributed by atoms with van der Waals surface area (Å²) < 4.78 is 39.7. The summed E-state index contributed by atoms with van der Waals surface area (Å²) in [5, 5.41) is 25.5. The number of benzene rings is 2. The fraction of sp³-hybridized carbons (Fsp3) is 0.222. The summed E-state index contributed by atoms with van der Waals surface area (Å²) in [5.41, 5.74) is -3.44. The van der Waals surface area contributed by atoms with Crippen molar-refractivity contribution in [2.75, 3.05) is 0 Å². The lowest BCUT2D eigenvalue weighted by Gasteiger charge is -2.31. The van der Waals surface area contributed by atoms with E-state index in [9.17, 15) is 33.2 Å². The molecule has 0 spiro atoms. The summed E-state index contributed by atoms with van der Waals surface area (Å²) in [5.74, 6) is -0.927. The van der Waals surface area contributed by atoms with Gasteiger partial charge < -0.3 is 5.11 Å². The van der Waals surface area contributed by atoms with Gasteiger partial charge in [-0.3, -0.25) is 14.9 Å². The number of nitro groups is 1. The number of hydrogen-bond acceptors (Lipinski definition) is 5. The van der Waals surface area contributed by atoms with Gasteiger partial charge in [-0.25, -0.2) is 0 Å². The first-order valence-electron chi connectivity index (χ1n) is 8.05. The highest BCUT2D eigenvalue weighted by Crippen LogP contribution is 2.40. The Morgan fingerprint density at radius 2 is 1.89 bits per heavy atom. The molecule has 0 aliphatic carbocycles. The number of nitro benzene ring substituents is 1. The molecule has 1 atom stereocenters.